The zero-order chi connectivity index (χ0) is 23.0. The highest BCUT2D eigenvalue weighted by molar-refractivity contribution is 5.85. The summed E-state index contributed by atoms with van der Waals surface area (Å²) in [5.41, 5.74) is 4.80. The van der Waals surface area contributed by atoms with Gasteiger partial charge in [-0.15, -0.1) is 0 Å². The van der Waals surface area contributed by atoms with Crippen LogP contribution in [0.15, 0.2) is 70.0 Å². The van der Waals surface area contributed by atoms with E-state index in [0.29, 0.717) is 17.2 Å². The van der Waals surface area contributed by atoms with Gasteiger partial charge in [-0.2, -0.15) is 4.98 Å². The molecule has 1 aliphatic carbocycles. The zero-order valence-electron chi connectivity index (χ0n) is 18.3. The van der Waals surface area contributed by atoms with Crippen molar-refractivity contribution in [2.75, 3.05) is 11.9 Å². The Labute approximate surface area is 190 Å². The van der Waals surface area contributed by atoms with Crippen LogP contribution in [-0.4, -0.2) is 27.6 Å². The number of carboxylic acid groups (broad SMARTS) is 1. The number of anilines is 1. The lowest BCUT2D eigenvalue weighted by molar-refractivity contribution is -0.146. The summed E-state index contributed by atoms with van der Waals surface area (Å²) in [7, 11) is 0. The lowest BCUT2D eigenvalue weighted by Gasteiger charge is -2.18. The van der Waals surface area contributed by atoms with Gasteiger partial charge in [0.1, 0.15) is 5.69 Å². The van der Waals surface area contributed by atoms with Crippen LogP contribution in [0.2, 0.25) is 0 Å². The molecule has 0 radical (unpaired) electrons. The van der Waals surface area contributed by atoms with Crippen LogP contribution in [0.25, 0.3) is 40.0 Å². The Kier molecular flexibility index (Phi) is 5.09. The molecule has 0 unspecified atom stereocenters. The van der Waals surface area contributed by atoms with E-state index in [0.717, 1.165) is 28.7 Å². The number of oxazole rings is 2. The number of rotatable bonds is 7. The molecule has 2 aromatic heterocycles. The molecule has 166 valence electrons. The Hall–Kier alpha value is -4.13. The molecule has 0 bridgehead atoms. The van der Waals surface area contributed by atoms with Crippen LogP contribution in [0.5, 0.6) is 0 Å². The lowest BCUT2D eigenvalue weighted by atomic mass is 9.94. The number of fused-ring (bicyclic) bond motifs is 1. The Morgan fingerprint density at radius 2 is 1.94 bits per heavy atom. The summed E-state index contributed by atoms with van der Waals surface area (Å²) >= 11 is 0. The van der Waals surface area contributed by atoms with Crippen molar-refractivity contribution in [3.8, 4) is 33.9 Å². The summed E-state index contributed by atoms with van der Waals surface area (Å²) in [6.45, 7) is 3.49. The summed E-state index contributed by atoms with van der Waals surface area (Å²) < 4.78 is 11.6. The molecule has 33 heavy (non-hydrogen) atoms. The predicted molar refractivity (Wildman–Crippen MR) is 126 cm³/mol. The summed E-state index contributed by atoms with van der Waals surface area (Å²) in [5, 5.41) is 12.5. The highest BCUT2D eigenvalue weighted by Gasteiger charge is 2.28. The number of carbonyl (C=O) groups is 1. The standard InChI is InChI=1S/C26H23N3O4/c1-26(2,24(30)31)14-28-25-29-22(18-11-9-17(10-12-18)21-13-27-15-32-21)23(33-25)20-8-4-6-16-5-3-7-19(16)20/h3-4,6-13,15H,5,14H2,1-2H3,(H,28,29)(H,30,31). The fourth-order valence-electron chi connectivity index (χ4n) is 3.79. The summed E-state index contributed by atoms with van der Waals surface area (Å²) in [5.74, 6) is 0.434. The zero-order valence-corrected chi connectivity index (χ0v) is 18.3. The molecule has 2 N–H and O–H groups in total. The maximum atomic E-state index is 11.5. The largest absolute Gasteiger partial charge is 0.481 e. The second-order valence-electron chi connectivity index (χ2n) is 8.67. The Morgan fingerprint density at radius 3 is 2.67 bits per heavy atom. The molecule has 0 fully saturated rings. The minimum atomic E-state index is -0.968. The SMILES string of the molecule is CC(C)(CNc1nc(-c2ccc(-c3cnco3)cc2)c(-c2cccc3c2C=CC3)o1)C(=O)O. The molecule has 0 aliphatic heterocycles. The minimum absolute atomic E-state index is 0.180. The van der Waals surface area contributed by atoms with Crippen molar-refractivity contribution < 1.29 is 18.7 Å². The second kappa shape index (κ2) is 8.09. The van der Waals surface area contributed by atoms with Gasteiger partial charge in [0.25, 0.3) is 6.01 Å². The highest BCUT2D eigenvalue weighted by Crippen LogP contribution is 2.39. The van der Waals surface area contributed by atoms with E-state index in [2.05, 4.69) is 28.5 Å². The number of benzene rings is 2. The first-order valence-corrected chi connectivity index (χ1v) is 10.7. The molecule has 4 aromatic rings. The highest BCUT2D eigenvalue weighted by atomic mass is 16.4. The van der Waals surface area contributed by atoms with Crippen LogP contribution in [0.4, 0.5) is 6.01 Å². The van der Waals surface area contributed by atoms with Crippen LogP contribution in [0.1, 0.15) is 25.0 Å². The molecule has 7 nitrogen and oxygen atoms in total. The Bertz CT molecular complexity index is 1330. The summed E-state index contributed by atoms with van der Waals surface area (Å²) in [6, 6.07) is 14.2. The third kappa shape index (κ3) is 3.93. The van der Waals surface area contributed by atoms with Crippen LogP contribution in [0, 0.1) is 5.41 Å². The van der Waals surface area contributed by atoms with E-state index in [4.69, 9.17) is 13.8 Å². The third-order valence-corrected chi connectivity index (χ3v) is 5.83. The quantitative estimate of drug-likeness (QED) is 0.376. The van der Waals surface area contributed by atoms with Gasteiger partial charge in [-0.1, -0.05) is 54.6 Å². The van der Waals surface area contributed by atoms with Crippen molar-refractivity contribution in [3.05, 3.63) is 72.3 Å². The average Bonchev–Trinajstić information content (AvgIpc) is 3.58. The number of nitrogens with zero attached hydrogens (tertiary/aromatic N) is 2. The first-order chi connectivity index (χ1) is 15.9. The fourth-order valence-corrected chi connectivity index (χ4v) is 3.79. The van der Waals surface area contributed by atoms with Crippen molar-refractivity contribution in [2.24, 2.45) is 5.41 Å². The number of aromatic nitrogens is 2. The van der Waals surface area contributed by atoms with Gasteiger partial charge >= 0.3 is 5.97 Å². The van der Waals surface area contributed by atoms with Gasteiger partial charge < -0.3 is 19.3 Å². The number of hydrogen-bond donors (Lipinski definition) is 2. The number of hydrogen-bond acceptors (Lipinski definition) is 6. The molecular formula is C26H23N3O4. The van der Waals surface area contributed by atoms with Gasteiger partial charge in [-0.3, -0.25) is 4.79 Å². The van der Waals surface area contributed by atoms with Crippen LogP contribution >= 0.6 is 0 Å². The van der Waals surface area contributed by atoms with Gasteiger partial charge in [0.15, 0.2) is 17.9 Å². The first-order valence-electron chi connectivity index (χ1n) is 10.7. The van der Waals surface area contributed by atoms with Crippen molar-refractivity contribution in [2.45, 2.75) is 20.3 Å². The van der Waals surface area contributed by atoms with Crippen molar-refractivity contribution in [1.82, 2.24) is 9.97 Å². The smallest absolute Gasteiger partial charge is 0.310 e. The van der Waals surface area contributed by atoms with Gasteiger partial charge in [-0.05, 0) is 31.4 Å². The normalized spacial score (nSPS) is 12.7. The maximum Gasteiger partial charge on any atom is 0.310 e. The molecule has 0 spiro atoms. The van der Waals surface area contributed by atoms with E-state index < -0.39 is 11.4 Å². The first kappa shape index (κ1) is 20.8. The molecule has 0 saturated carbocycles. The number of carboxylic acids is 1. The van der Waals surface area contributed by atoms with Crippen molar-refractivity contribution in [1.29, 1.82) is 0 Å². The van der Waals surface area contributed by atoms with Crippen LogP contribution in [0.3, 0.4) is 0 Å². The number of nitrogens with one attached hydrogen (secondary N) is 1. The van der Waals surface area contributed by atoms with E-state index in [9.17, 15) is 9.90 Å². The molecule has 5 rings (SSSR count). The van der Waals surface area contributed by atoms with E-state index in [1.54, 1.807) is 20.0 Å². The monoisotopic (exact) mass is 441 g/mol. The van der Waals surface area contributed by atoms with Gasteiger partial charge in [-0.25, -0.2) is 4.98 Å². The van der Waals surface area contributed by atoms with E-state index in [-0.39, 0.29) is 12.6 Å². The molecular weight excluding hydrogens is 418 g/mol. The van der Waals surface area contributed by atoms with Gasteiger partial charge in [0, 0.05) is 23.2 Å². The number of aliphatic carboxylic acids is 1. The van der Waals surface area contributed by atoms with Gasteiger partial charge in [0.2, 0.25) is 0 Å². The van der Waals surface area contributed by atoms with Crippen LogP contribution in [-0.2, 0) is 11.2 Å². The topological polar surface area (TPSA) is 101 Å². The molecule has 0 atom stereocenters. The van der Waals surface area contributed by atoms with E-state index >= 15 is 0 Å². The van der Waals surface area contributed by atoms with Gasteiger partial charge in [0.05, 0.1) is 11.6 Å². The van der Waals surface area contributed by atoms with Crippen LogP contribution < -0.4 is 5.32 Å². The molecule has 0 saturated heterocycles. The molecule has 1 aliphatic rings. The molecule has 2 aromatic carbocycles. The molecule has 2 heterocycles. The van der Waals surface area contributed by atoms with E-state index in [1.807, 2.05) is 36.4 Å². The van der Waals surface area contributed by atoms with Crippen molar-refractivity contribution >= 4 is 18.1 Å². The van der Waals surface area contributed by atoms with Crippen molar-refractivity contribution in [3.63, 3.8) is 0 Å². The second-order valence-corrected chi connectivity index (χ2v) is 8.67. The average molecular weight is 441 g/mol. The minimum Gasteiger partial charge on any atom is -0.481 e. The summed E-state index contributed by atoms with van der Waals surface area (Å²) in [6.07, 6.45) is 8.19. The molecule has 0 amide bonds. The lowest BCUT2D eigenvalue weighted by Crippen LogP contribution is -2.31. The molecule has 7 heteroatoms. The maximum absolute atomic E-state index is 11.5. The third-order valence-electron chi connectivity index (χ3n) is 5.83. The number of allylic oxidation sites excluding steroid dienone is 1. The fraction of sp³-hybridized carbons (Fsp3) is 0.192. The Morgan fingerprint density at radius 1 is 1.15 bits per heavy atom. The predicted octanol–water partition coefficient (Wildman–Crippen LogP) is 5.76. The Balaban J connectivity index is 1.56. The van der Waals surface area contributed by atoms with E-state index in [1.165, 1.54) is 12.0 Å². The summed E-state index contributed by atoms with van der Waals surface area (Å²) in [4.78, 5) is 20.2.